The second-order valence-corrected chi connectivity index (χ2v) is 5.25. The lowest BCUT2D eigenvalue weighted by atomic mass is 10.1. The Kier molecular flexibility index (Phi) is 3.66. The van der Waals surface area contributed by atoms with Crippen LogP contribution < -0.4 is 11.1 Å². The van der Waals surface area contributed by atoms with Gasteiger partial charge in [-0.1, -0.05) is 0 Å². The summed E-state index contributed by atoms with van der Waals surface area (Å²) >= 11 is 1.90. The fourth-order valence-electron chi connectivity index (χ4n) is 1.78. The van der Waals surface area contributed by atoms with Crippen LogP contribution in [0.25, 0.3) is 0 Å². The van der Waals surface area contributed by atoms with E-state index in [0.717, 1.165) is 41.4 Å². The van der Waals surface area contributed by atoms with Gasteiger partial charge in [-0.25, -0.2) is 9.97 Å². The van der Waals surface area contributed by atoms with Crippen LogP contribution in [0, 0.1) is 0 Å². The molecule has 0 spiro atoms. The highest BCUT2D eigenvalue weighted by Gasteiger charge is 2.16. The summed E-state index contributed by atoms with van der Waals surface area (Å²) in [6, 6.07) is 0.385. The van der Waals surface area contributed by atoms with Crippen molar-refractivity contribution in [3.8, 4) is 0 Å². The van der Waals surface area contributed by atoms with E-state index in [-0.39, 0.29) is 0 Å². The van der Waals surface area contributed by atoms with Crippen LogP contribution in [0.5, 0.6) is 0 Å². The van der Waals surface area contributed by atoms with E-state index in [1.807, 2.05) is 18.8 Å². The molecular weight excluding hydrogens is 220 g/mol. The summed E-state index contributed by atoms with van der Waals surface area (Å²) in [7, 11) is 1.95. The smallest absolute Gasteiger partial charge is 0.132 e. The molecule has 4 nitrogen and oxygen atoms in total. The minimum atomic E-state index is 0.385. The minimum Gasteiger partial charge on any atom is -0.383 e. The van der Waals surface area contributed by atoms with Crippen molar-refractivity contribution in [1.29, 1.82) is 0 Å². The summed E-state index contributed by atoms with van der Waals surface area (Å²) in [5, 5.41) is 3.19. The number of fused-ring (bicyclic) bond motifs is 1. The van der Waals surface area contributed by atoms with E-state index >= 15 is 0 Å². The maximum absolute atomic E-state index is 5.97. The highest BCUT2D eigenvalue weighted by atomic mass is 32.2. The molecule has 1 aromatic rings. The Morgan fingerprint density at radius 3 is 3.06 bits per heavy atom. The standard InChI is InChI=1S/C11H18N4S/c1-7(13-2)5-10-14-9-3-4-16-6-8(9)11(12)15-10/h7,13H,3-6H2,1-2H3,(H2,12,14,15). The Bertz CT molecular complexity index is 380. The topological polar surface area (TPSA) is 63.8 Å². The zero-order chi connectivity index (χ0) is 11.5. The van der Waals surface area contributed by atoms with Crippen LogP contribution >= 0.6 is 11.8 Å². The van der Waals surface area contributed by atoms with Crippen LogP contribution in [0.2, 0.25) is 0 Å². The molecule has 0 radical (unpaired) electrons. The summed E-state index contributed by atoms with van der Waals surface area (Å²) in [4.78, 5) is 9.01. The molecule has 1 atom stereocenters. The average Bonchev–Trinajstić information content (AvgIpc) is 2.29. The SMILES string of the molecule is CNC(C)Cc1nc(N)c2c(n1)CCSC2. The largest absolute Gasteiger partial charge is 0.383 e. The van der Waals surface area contributed by atoms with Crippen LogP contribution in [-0.4, -0.2) is 28.8 Å². The monoisotopic (exact) mass is 238 g/mol. The van der Waals surface area contributed by atoms with E-state index in [9.17, 15) is 0 Å². The van der Waals surface area contributed by atoms with Gasteiger partial charge in [0.05, 0.1) is 5.69 Å². The lowest BCUT2D eigenvalue weighted by molar-refractivity contribution is 0.589. The van der Waals surface area contributed by atoms with E-state index in [0.29, 0.717) is 11.9 Å². The molecule has 0 bridgehead atoms. The number of anilines is 1. The number of hydrogen-bond acceptors (Lipinski definition) is 5. The number of nitrogens with two attached hydrogens (primary N) is 1. The van der Waals surface area contributed by atoms with Crippen LogP contribution in [-0.2, 0) is 18.6 Å². The first kappa shape index (κ1) is 11.7. The molecule has 3 N–H and O–H groups in total. The number of hydrogen-bond donors (Lipinski definition) is 2. The number of aryl methyl sites for hydroxylation is 1. The zero-order valence-electron chi connectivity index (χ0n) is 9.79. The van der Waals surface area contributed by atoms with Gasteiger partial charge in [-0.05, 0) is 26.1 Å². The molecule has 1 unspecified atom stereocenters. The number of nitrogens with one attached hydrogen (secondary N) is 1. The molecule has 5 heteroatoms. The second kappa shape index (κ2) is 5.01. The molecule has 2 rings (SSSR count). The van der Waals surface area contributed by atoms with Crippen LogP contribution in [0.4, 0.5) is 5.82 Å². The first-order chi connectivity index (χ1) is 7.70. The predicted molar refractivity (Wildman–Crippen MR) is 68.5 cm³/mol. The molecule has 0 amide bonds. The van der Waals surface area contributed by atoms with Gasteiger partial charge < -0.3 is 11.1 Å². The van der Waals surface area contributed by atoms with Crippen LogP contribution in [0.15, 0.2) is 0 Å². The summed E-state index contributed by atoms with van der Waals surface area (Å²) in [5.41, 5.74) is 8.28. The number of nitrogens with zero attached hydrogens (tertiary/aromatic N) is 2. The predicted octanol–water partition coefficient (Wildman–Crippen LogP) is 0.998. The van der Waals surface area contributed by atoms with Gasteiger partial charge in [-0.2, -0.15) is 11.8 Å². The van der Waals surface area contributed by atoms with Crippen molar-refractivity contribution in [2.75, 3.05) is 18.5 Å². The van der Waals surface area contributed by atoms with Crippen molar-refractivity contribution in [3.05, 3.63) is 17.1 Å². The molecule has 16 heavy (non-hydrogen) atoms. The Labute approximate surface area is 100 Å². The van der Waals surface area contributed by atoms with Gasteiger partial charge in [-0.3, -0.25) is 0 Å². The van der Waals surface area contributed by atoms with Gasteiger partial charge >= 0.3 is 0 Å². The van der Waals surface area contributed by atoms with Crippen molar-refractivity contribution in [2.45, 2.75) is 31.6 Å². The molecule has 1 aliphatic heterocycles. The van der Waals surface area contributed by atoms with Gasteiger partial charge in [-0.15, -0.1) is 0 Å². The number of thioether (sulfide) groups is 1. The van der Waals surface area contributed by atoms with Crippen molar-refractivity contribution < 1.29 is 0 Å². The lowest BCUT2D eigenvalue weighted by Gasteiger charge is -2.18. The van der Waals surface area contributed by atoms with E-state index in [4.69, 9.17) is 5.73 Å². The molecule has 0 saturated heterocycles. The molecular formula is C11H18N4S. The molecule has 2 heterocycles. The summed E-state index contributed by atoms with van der Waals surface area (Å²) < 4.78 is 0. The van der Waals surface area contributed by atoms with E-state index in [1.165, 1.54) is 0 Å². The van der Waals surface area contributed by atoms with Gasteiger partial charge in [0.2, 0.25) is 0 Å². The fraction of sp³-hybridized carbons (Fsp3) is 0.636. The maximum atomic E-state index is 5.97. The third-order valence-electron chi connectivity index (χ3n) is 2.88. The Morgan fingerprint density at radius 2 is 2.31 bits per heavy atom. The zero-order valence-corrected chi connectivity index (χ0v) is 10.6. The number of aromatic nitrogens is 2. The fourth-order valence-corrected chi connectivity index (χ4v) is 2.78. The molecule has 0 aliphatic carbocycles. The Balaban J connectivity index is 2.24. The summed E-state index contributed by atoms with van der Waals surface area (Å²) in [6.07, 6.45) is 1.86. The third-order valence-corrected chi connectivity index (χ3v) is 3.87. The summed E-state index contributed by atoms with van der Waals surface area (Å²) in [6.45, 7) is 2.12. The van der Waals surface area contributed by atoms with Crippen molar-refractivity contribution >= 4 is 17.6 Å². The number of rotatable bonds is 3. The van der Waals surface area contributed by atoms with Gasteiger partial charge in [0, 0.05) is 23.8 Å². The molecule has 0 saturated carbocycles. The normalized spacial score (nSPS) is 16.9. The molecule has 1 aromatic heterocycles. The maximum Gasteiger partial charge on any atom is 0.132 e. The van der Waals surface area contributed by atoms with E-state index < -0.39 is 0 Å². The van der Waals surface area contributed by atoms with E-state index in [1.54, 1.807) is 0 Å². The van der Waals surface area contributed by atoms with E-state index in [2.05, 4.69) is 22.2 Å². The minimum absolute atomic E-state index is 0.385. The van der Waals surface area contributed by atoms with Crippen molar-refractivity contribution in [1.82, 2.24) is 15.3 Å². The van der Waals surface area contributed by atoms with Gasteiger partial charge in [0.15, 0.2) is 0 Å². The molecule has 1 aliphatic rings. The Hall–Kier alpha value is -0.810. The van der Waals surface area contributed by atoms with Crippen molar-refractivity contribution in [2.24, 2.45) is 0 Å². The van der Waals surface area contributed by atoms with Gasteiger partial charge in [0.25, 0.3) is 0 Å². The highest BCUT2D eigenvalue weighted by Crippen LogP contribution is 2.26. The summed E-state index contributed by atoms with van der Waals surface area (Å²) in [5.74, 6) is 3.65. The number of nitrogen functional groups attached to an aromatic ring is 1. The average molecular weight is 238 g/mol. The highest BCUT2D eigenvalue weighted by molar-refractivity contribution is 7.98. The Morgan fingerprint density at radius 1 is 1.50 bits per heavy atom. The lowest BCUT2D eigenvalue weighted by Crippen LogP contribution is -2.25. The van der Waals surface area contributed by atoms with Crippen molar-refractivity contribution in [3.63, 3.8) is 0 Å². The first-order valence-electron chi connectivity index (χ1n) is 5.60. The number of likely N-dealkylation sites (N-methyl/N-ethyl adjacent to an activating group) is 1. The second-order valence-electron chi connectivity index (χ2n) is 4.15. The molecule has 88 valence electrons. The third kappa shape index (κ3) is 2.47. The first-order valence-corrected chi connectivity index (χ1v) is 6.75. The molecule has 0 fully saturated rings. The van der Waals surface area contributed by atoms with Crippen LogP contribution in [0.3, 0.4) is 0 Å². The molecule has 0 aromatic carbocycles. The quantitative estimate of drug-likeness (QED) is 0.822. The van der Waals surface area contributed by atoms with Gasteiger partial charge in [0.1, 0.15) is 11.6 Å². The van der Waals surface area contributed by atoms with Crippen LogP contribution in [0.1, 0.15) is 24.0 Å².